The lowest BCUT2D eigenvalue weighted by atomic mass is 10.00. The molecule has 0 saturated carbocycles. The van der Waals surface area contributed by atoms with Gasteiger partial charge in [-0.1, -0.05) is 127 Å². The van der Waals surface area contributed by atoms with Crippen molar-refractivity contribution in [2.75, 3.05) is 0 Å². The minimum atomic E-state index is 0.825. The number of nitrogens with zero attached hydrogens (tertiary/aromatic N) is 4. The van der Waals surface area contributed by atoms with E-state index in [-0.39, 0.29) is 0 Å². The Hall–Kier alpha value is -7.04. The first-order valence-corrected chi connectivity index (χ1v) is 17.7. The van der Waals surface area contributed by atoms with E-state index in [1.807, 2.05) is 30.3 Å². The molecule has 0 radical (unpaired) electrons. The van der Waals surface area contributed by atoms with E-state index in [4.69, 9.17) is 9.97 Å². The Balaban J connectivity index is 1.15. The predicted octanol–water partition coefficient (Wildman–Crippen LogP) is 12.3. The smallest absolute Gasteiger partial charge is 0.165 e. The molecule has 0 aliphatic rings. The minimum Gasteiger partial charge on any atom is -0.309 e. The van der Waals surface area contributed by atoms with E-state index in [1.54, 1.807) is 0 Å². The molecule has 8 aromatic carbocycles. The Labute approximate surface area is 299 Å². The summed E-state index contributed by atoms with van der Waals surface area (Å²) in [5, 5.41) is 7.34. The maximum absolute atomic E-state index is 5.28. The molecule has 0 amide bonds. The lowest BCUT2D eigenvalue weighted by Gasteiger charge is -2.14. The molecule has 11 aromatic rings. The van der Waals surface area contributed by atoms with Crippen LogP contribution in [0.3, 0.4) is 0 Å². The standard InChI is InChI=1S/C48H30N4/c1-3-14-32(15-4-1)46-48(50-42-21-11-10-20-41(42)49-46)52-43-22-12-9-19-37(43)39-29-33(25-28-45(39)52)34-24-27-44-40(30-34)38-26-23-31-13-7-8-18-36(31)47(38)51(44)35-16-5-2-6-17-35/h1-30H. The van der Waals surface area contributed by atoms with Crippen LogP contribution in [-0.2, 0) is 0 Å². The normalized spacial score (nSPS) is 11.8. The second-order valence-corrected chi connectivity index (χ2v) is 13.4. The van der Waals surface area contributed by atoms with Crippen molar-refractivity contribution in [2.45, 2.75) is 0 Å². The highest BCUT2D eigenvalue weighted by molar-refractivity contribution is 6.19. The summed E-state index contributed by atoms with van der Waals surface area (Å²) in [5.41, 5.74) is 11.8. The second-order valence-electron chi connectivity index (χ2n) is 13.4. The molecule has 0 N–H and O–H groups in total. The molecule has 4 heteroatoms. The number of para-hydroxylation sites is 4. The molecule has 0 spiro atoms. The van der Waals surface area contributed by atoms with Gasteiger partial charge in [0, 0.05) is 38.2 Å². The first kappa shape index (κ1) is 28.8. The van der Waals surface area contributed by atoms with Crippen molar-refractivity contribution in [3.8, 4) is 33.9 Å². The van der Waals surface area contributed by atoms with Gasteiger partial charge >= 0.3 is 0 Å². The summed E-state index contributed by atoms with van der Waals surface area (Å²) in [5.74, 6) is 0.825. The third-order valence-corrected chi connectivity index (χ3v) is 10.5. The third-order valence-electron chi connectivity index (χ3n) is 10.5. The molecule has 11 rings (SSSR count). The fraction of sp³-hybridized carbons (Fsp3) is 0. The van der Waals surface area contributed by atoms with Crippen LogP contribution in [-0.4, -0.2) is 19.1 Å². The minimum absolute atomic E-state index is 0.825. The highest BCUT2D eigenvalue weighted by Crippen LogP contribution is 2.41. The molecule has 0 aliphatic carbocycles. The Morgan fingerprint density at radius 3 is 1.69 bits per heavy atom. The molecule has 3 aromatic heterocycles. The van der Waals surface area contributed by atoms with Gasteiger partial charge in [-0.05, 0) is 71.1 Å². The van der Waals surface area contributed by atoms with E-state index in [1.165, 1.54) is 54.5 Å². The largest absolute Gasteiger partial charge is 0.309 e. The zero-order valence-corrected chi connectivity index (χ0v) is 28.1. The molecule has 0 bridgehead atoms. The molecule has 0 fully saturated rings. The second kappa shape index (κ2) is 11.2. The molecule has 3 heterocycles. The lowest BCUT2D eigenvalue weighted by molar-refractivity contribution is 1.08. The number of rotatable bonds is 4. The maximum atomic E-state index is 5.28. The summed E-state index contributed by atoms with van der Waals surface area (Å²) in [4.78, 5) is 10.5. The van der Waals surface area contributed by atoms with Gasteiger partial charge in [0.2, 0.25) is 0 Å². The number of benzene rings is 8. The van der Waals surface area contributed by atoms with Crippen LogP contribution in [0.2, 0.25) is 0 Å². The van der Waals surface area contributed by atoms with Crippen LogP contribution in [0.5, 0.6) is 0 Å². The molecule has 0 unspecified atom stereocenters. The van der Waals surface area contributed by atoms with Gasteiger partial charge in [-0.25, -0.2) is 9.97 Å². The Morgan fingerprint density at radius 1 is 0.346 bits per heavy atom. The third kappa shape index (κ3) is 4.28. The van der Waals surface area contributed by atoms with Gasteiger partial charge in [-0.2, -0.15) is 0 Å². The van der Waals surface area contributed by atoms with Gasteiger partial charge in [-0.3, -0.25) is 4.57 Å². The first-order chi connectivity index (χ1) is 25.8. The Morgan fingerprint density at radius 2 is 0.923 bits per heavy atom. The summed E-state index contributed by atoms with van der Waals surface area (Å²) in [6.45, 7) is 0. The number of aromatic nitrogens is 4. The summed E-state index contributed by atoms with van der Waals surface area (Å²) in [6.07, 6.45) is 0. The van der Waals surface area contributed by atoms with Gasteiger partial charge in [0.1, 0.15) is 5.69 Å². The van der Waals surface area contributed by atoms with Crippen molar-refractivity contribution in [3.63, 3.8) is 0 Å². The van der Waals surface area contributed by atoms with Crippen LogP contribution >= 0.6 is 0 Å². The van der Waals surface area contributed by atoms with Crippen LogP contribution in [0.1, 0.15) is 0 Å². The molecule has 0 saturated heterocycles. The molecule has 52 heavy (non-hydrogen) atoms. The molecular formula is C48H30N4. The molecule has 0 aliphatic heterocycles. The van der Waals surface area contributed by atoms with Crippen LogP contribution in [0.4, 0.5) is 0 Å². The number of hydrogen-bond donors (Lipinski definition) is 0. The van der Waals surface area contributed by atoms with E-state index in [0.29, 0.717) is 0 Å². The van der Waals surface area contributed by atoms with Crippen LogP contribution in [0.15, 0.2) is 182 Å². The molecule has 4 nitrogen and oxygen atoms in total. The Bertz CT molecular complexity index is 3170. The van der Waals surface area contributed by atoms with E-state index < -0.39 is 0 Å². The fourth-order valence-electron chi connectivity index (χ4n) is 8.12. The van der Waals surface area contributed by atoms with E-state index >= 15 is 0 Å². The van der Waals surface area contributed by atoms with E-state index in [2.05, 4.69) is 161 Å². The Kier molecular flexibility index (Phi) is 6.22. The summed E-state index contributed by atoms with van der Waals surface area (Å²) in [6, 6.07) is 64.9. The predicted molar refractivity (Wildman–Crippen MR) is 217 cm³/mol. The maximum Gasteiger partial charge on any atom is 0.165 e. The van der Waals surface area contributed by atoms with Gasteiger partial charge in [0.25, 0.3) is 0 Å². The molecule has 0 atom stereocenters. The molecule has 242 valence electrons. The monoisotopic (exact) mass is 662 g/mol. The fourth-order valence-corrected chi connectivity index (χ4v) is 8.12. The van der Waals surface area contributed by atoms with Crippen molar-refractivity contribution in [1.82, 2.24) is 19.1 Å². The van der Waals surface area contributed by atoms with Crippen LogP contribution < -0.4 is 0 Å². The van der Waals surface area contributed by atoms with Crippen LogP contribution in [0, 0.1) is 0 Å². The summed E-state index contributed by atoms with van der Waals surface area (Å²) >= 11 is 0. The topological polar surface area (TPSA) is 35.6 Å². The SMILES string of the molecule is c1ccc(-c2nc3ccccc3nc2-n2c3ccccc3c3cc(-c4ccc5c(c4)c4ccc6ccccc6c4n5-c4ccccc4)ccc32)cc1. The first-order valence-electron chi connectivity index (χ1n) is 17.7. The van der Waals surface area contributed by atoms with Crippen molar-refractivity contribution >= 4 is 65.4 Å². The van der Waals surface area contributed by atoms with Crippen LogP contribution in [0.25, 0.3) is 99.3 Å². The van der Waals surface area contributed by atoms with Gasteiger partial charge < -0.3 is 4.57 Å². The zero-order chi connectivity index (χ0) is 34.2. The number of fused-ring (bicyclic) bond motifs is 9. The van der Waals surface area contributed by atoms with E-state index in [0.717, 1.165) is 44.8 Å². The van der Waals surface area contributed by atoms with E-state index in [9.17, 15) is 0 Å². The lowest BCUT2D eigenvalue weighted by Crippen LogP contribution is -2.03. The molecular weight excluding hydrogens is 633 g/mol. The summed E-state index contributed by atoms with van der Waals surface area (Å²) < 4.78 is 4.71. The highest BCUT2D eigenvalue weighted by atomic mass is 15.1. The van der Waals surface area contributed by atoms with Crippen molar-refractivity contribution in [1.29, 1.82) is 0 Å². The van der Waals surface area contributed by atoms with Gasteiger partial charge in [-0.15, -0.1) is 0 Å². The van der Waals surface area contributed by atoms with Gasteiger partial charge in [0.05, 0.1) is 33.1 Å². The van der Waals surface area contributed by atoms with Crippen molar-refractivity contribution < 1.29 is 0 Å². The quantitative estimate of drug-likeness (QED) is 0.188. The van der Waals surface area contributed by atoms with Crippen molar-refractivity contribution in [2.24, 2.45) is 0 Å². The van der Waals surface area contributed by atoms with Crippen molar-refractivity contribution in [3.05, 3.63) is 182 Å². The summed E-state index contributed by atoms with van der Waals surface area (Å²) in [7, 11) is 0. The average Bonchev–Trinajstić information content (AvgIpc) is 3.73. The highest BCUT2D eigenvalue weighted by Gasteiger charge is 2.20. The number of hydrogen-bond acceptors (Lipinski definition) is 2. The zero-order valence-electron chi connectivity index (χ0n) is 28.1. The van der Waals surface area contributed by atoms with Gasteiger partial charge in [0.15, 0.2) is 5.82 Å². The average molecular weight is 663 g/mol.